The summed E-state index contributed by atoms with van der Waals surface area (Å²) in [6, 6.07) is 11.7. The molecule has 1 N–H and O–H groups in total. The van der Waals surface area contributed by atoms with Crippen molar-refractivity contribution in [1.29, 1.82) is 0 Å². The van der Waals surface area contributed by atoms with Gasteiger partial charge in [0.25, 0.3) is 5.91 Å². The number of aliphatic hydroxyl groups excluding tert-OH is 1. The third kappa shape index (κ3) is 5.66. The first kappa shape index (κ1) is 24.0. The topological polar surface area (TPSA) is 65.9 Å². The number of pyridine rings is 1. The molecule has 0 radical (unpaired) electrons. The fraction of sp³-hybridized carbons (Fsp3) is 0.440. The first-order chi connectivity index (χ1) is 16.0. The van der Waals surface area contributed by atoms with E-state index >= 15 is 0 Å². The summed E-state index contributed by atoms with van der Waals surface area (Å²) in [6.45, 7) is 5.17. The molecule has 0 saturated carbocycles. The van der Waals surface area contributed by atoms with E-state index in [1.165, 1.54) is 11.3 Å². The Balaban J connectivity index is 1.72. The molecule has 0 unspecified atom stereocenters. The second-order valence-electron chi connectivity index (χ2n) is 8.57. The Morgan fingerprint density at radius 1 is 1.33 bits per heavy atom. The lowest BCUT2D eigenvalue weighted by atomic mass is 9.98. The summed E-state index contributed by atoms with van der Waals surface area (Å²) >= 11 is 7.75. The van der Waals surface area contributed by atoms with Crippen molar-refractivity contribution in [3.8, 4) is 0 Å². The predicted octanol–water partition coefficient (Wildman–Crippen LogP) is 4.76. The van der Waals surface area contributed by atoms with E-state index in [2.05, 4.69) is 11.0 Å². The number of fused-ring (bicyclic) bond motifs is 1. The number of aliphatic hydroxyl groups is 1. The third-order valence-electron chi connectivity index (χ3n) is 6.08. The van der Waals surface area contributed by atoms with Crippen molar-refractivity contribution in [2.45, 2.75) is 26.3 Å². The average molecular weight is 488 g/mol. The Morgan fingerprint density at radius 3 is 2.91 bits per heavy atom. The van der Waals surface area contributed by atoms with Crippen molar-refractivity contribution >= 4 is 45.6 Å². The van der Waals surface area contributed by atoms with Gasteiger partial charge in [0.1, 0.15) is 5.82 Å². The molecule has 0 bridgehead atoms. The van der Waals surface area contributed by atoms with Crippen LogP contribution < -0.4 is 4.90 Å². The number of carbonyl (C=O) groups excluding carboxylic acids is 1. The van der Waals surface area contributed by atoms with E-state index in [-0.39, 0.29) is 18.4 Å². The minimum atomic E-state index is -0.000757. The smallest absolute Gasteiger partial charge is 0.264 e. The van der Waals surface area contributed by atoms with Crippen molar-refractivity contribution in [3.05, 3.63) is 56.7 Å². The molecule has 1 aliphatic heterocycles. The maximum atomic E-state index is 13.4. The molecule has 3 heterocycles. The molecule has 0 aliphatic carbocycles. The number of piperidine rings is 1. The van der Waals surface area contributed by atoms with Crippen LogP contribution in [0.5, 0.6) is 0 Å². The molecule has 2 aromatic heterocycles. The zero-order chi connectivity index (χ0) is 23.4. The number of thiophene rings is 1. The molecule has 1 atom stereocenters. The van der Waals surface area contributed by atoms with Crippen LogP contribution in [0.15, 0.2) is 36.4 Å². The highest BCUT2D eigenvalue weighted by atomic mass is 35.5. The minimum Gasteiger partial charge on any atom is -0.396 e. The molecule has 176 valence electrons. The minimum absolute atomic E-state index is 0.000757. The number of hydrogen-bond donors (Lipinski definition) is 1. The predicted molar refractivity (Wildman–Crippen MR) is 134 cm³/mol. The Morgan fingerprint density at radius 2 is 2.18 bits per heavy atom. The average Bonchev–Trinajstić information content (AvgIpc) is 3.27. The van der Waals surface area contributed by atoms with E-state index in [1.54, 1.807) is 7.11 Å². The number of carbonyl (C=O) groups is 1. The molecule has 1 fully saturated rings. The number of anilines is 1. The second kappa shape index (κ2) is 10.8. The summed E-state index contributed by atoms with van der Waals surface area (Å²) in [5, 5.41) is 11.4. The van der Waals surface area contributed by atoms with Gasteiger partial charge in [0.05, 0.1) is 17.0 Å². The van der Waals surface area contributed by atoms with Gasteiger partial charge in [0.2, 0.25) is 0 Å². The van der Waals surface area contributed by atoms with Gasteiger partial charge in [-0.05, 0) is 56.0 Å². The van der Waals surface area contributed by atoms with Crippen LogP contribution >= 0.6 is 22.9 Å². The molecule has 3 aromatic rings. The normalized spacial score (nSPS) is 16.4. The zero-order valence-corrected chi connectivity index (χ0v) is 20.7. The maximum absolute atomic E-state index is 13.4. The molecule has 33 heavy (non-hydrogen) atoms. The highest BCUT2D eigenvalue weighted by molar-refractivity contribution is 7.13. The first-order valence-corrected chi connectivity index (χ1v) is 12.5. The van der Waals surface area contributed by atoms with Crippen LogP contribution in [0, 0.1) is 12.8 Å². The molecule has 1 amide bonds. The number of aromatic nitrogens is 1. The van der Waals surface area contributed by atoms with Gasteiger partial charge < -0.3 is 19.6 Å². The van der Waals surface area contributed by atoms with Crippen molar-refractivity contribution < 1.29 is 14.6 Å². The summed E-state index contributed by atoms with van der Waals surface area (Å²) in [5.74, 6) is 1.09. The number of halogens is 1. The fourth-order valence-corrected chi connectivity index (χ4v) is 5.34. The highest BCUT2D eigenvalue weighted by Gasteiger charge is 2.25. The van der Waals surface area contributed by atoms with Gasteiger partial charge in [-0.15, -0.1) is 11.3 Å². The highest BCUT2D eigenvalue weighted by Crippen LogP contribution is 2.30. The monoisotopic (exact) mass is 487 g/mol. The van der Waals surface area contributed by atoms with Crippen LogP contribution in [0.1, 0.15) is 33.0 Å². The Hall–Kier alpha value is -2.19. The number of hydrogen-bond acceptors (Lipinski definition) is 6. The lowest BCUT2D eigenvalue weighted by Gasteiger charge is -2.35. The molecule has 4 rings (SSSR count). The summed E-state index contributed by atoms with van der Waals surface area (Å²) < 4.78 is 5.30. The first-order valence-electron chi connectivity index (χ1n) is 11.3. The van der Waals surface area contributed by atoms with Crippen LogP contribution in [0.3, 0.4) is 0 Å². The molecule has 1 aromatic carbocycles. The second-order valence-corrected chi connectivity index (χ2v) is 10.3. The van der Waals surface area contributed by atoms with Crippen molar-refractivity contribution in [3.63, 3.8) is 0 Å². The van der Waals surface area contributed by atoms with Crippen LogP contribution in [0.2, 0.25) is 5.02 Å². The zero-order valence-electron chi connectivity index (χ0n) is 19.1. The van der Waals surface area contributed by atoms with Crippen molar-refractivity contribution in [2.24, 2.45) is 5.92 Å². The molecule has 0 spiro atoms. The van der Waals surface area contributed by atoms with Crippen LogP contribution in [0.4, 0.5) is 5.82 Å². The van der Waals surface area contributed by atoms with E-state index in [4.69, 9.17) is 21.3 Å². The molecular formula is C25H30ClN3O3S. The van der Waals surface area contributed by atoms with Crippen molar-refractivity contribution in [1.82, 2.24) is 9.88 Å². The molecule has 6 nitrogen and oxygen atoms in total. The van der Waals surface area contributed by atoms with Crippen molar-refractivity contribution in [2.75, 3.05) is 44.9 Å². The van der Waals surface area contributed by atoms with Gasteiger partial charge in [-0.2, -0.15) is 0 Å². The molecule has 1 aliphatic rings. The van der Waals surface area contributed by atoms with E-state index in [0.29, 0.717) is 24.7 Å². The van der Waals surface area contributed by atoms with Gasteiger partial charge in [-0.1, -0.05) is 17.7 Å². The number of aryl methyl sites for hydroxylation is 1. The Labute approximate surface area is 203 Å². The van der Waals surface area contributed by atoms with Crippen LogP contribution in [0.25, 0.3) is 10.9 Å². The third-order valence-corrected chi connectivity index (χ3v) is 7.30. The van der Waals surface area contributed by atoms with Gasteiger partial charge >= 0.3 is 0 Å². The van der Waals surface area contributed by atoms with Gasteiger partial charge in [-0.3, -0.25) is 4.79 Å². The standard InChI is InChI=1S/C25H30ClN3O3S/c1-17-5-8-23(33-17)25(31)29(10-11-32-2)15-20-12-19-6-7-21(26)13-22(19)27-24(20)28-9-3-4-18(14-28)16-30/h5-8,12-13,18,30H,3-4,9-11,14-16H2,1-2H3/t18-/m0/s1. The fourth-order valence-electron chi connectivity index (χ4n) is 4.34. The van der Waals surface area contributed by atoms with E-state index < -0.39 is 0 Å². The SMILES string of the molecule is COCCN(Cc1cc2ccc(Cl)cc2nc1N1CCC[C@H](CO)C1)C(=O)c1ccc(C)s1. The van der Waals surface area contributed by atoms with Crippen LogP contribution in [-0.4, -0.2) is 60.9 Å². The number of amides is 1. The summed E-state index contributed by atoms with van der Waals surface area (Å²) in [5.41, 5.74) is 1.82. The largest absolute Gasteiger partial charge is 0.396 e. The number of ether oxygens (including phenoxy) is 1. The Bertz CT molecular complexity index is 1120. The molecule has 1 saturated heterocycles. The van der Waals surface area contributed by atoms with E-state index in [1.807, 2.05) is 42.2 Å². The summed E-state index contributed by atoms with van der Waals surface area (Å²) in [6.07, 6.45) is 2.01. The van der Waals surface area contributed by atoms with Crippen LogP contribution in [-0.2, 0) is 11.3 Å². The van der Waals surface area contributed by atoms with E-state index in [0.717, 1.165) is 58.0 Å². The quantitative estimate of drug-likeness (QED) is 0.496. The summed E-state index contributed by atoms with van der Waals surface area (Å²) in [7, 11) is 1.65. The lowest BCUT2D eigenvalue weighted by Crippen LogP contribution is -2.39. The Kier molecular flexibility index (Phi) is 7.86. The molecule has 8 heteroatoms. The number of methoxy groups -OCH3 is 1. The van der Waals surface area contributed by atoms with E-state index in [9.17, 15) is 9.90 Å². The van der Waals surface area contributed by atoms with Gasteiger partial charge in [0.15, 0.2) is 0 Å². The maximum Gasteiger partial charge on any atom is 0.264 e. The number of benzene rings is 1. The van der Waals surface area contributed by atoms with Gasteiger partial charge in [-0.25, -0.2) is 4.98 Å². The number of nitrogens with zero attached hydrogens (tertiary/aromatic N) is 3. The molecular weight excluding hydrogens is 458 g/mol. The lowest BCUT2D eigenvalue weighted by molar-refractivity contribution is 0.0685. The number of rotatable bonds is 8. The summed E-state index contributed by atoms with van der Waals surface area (Å²) in [4.78, 5) is 24.3. The van der Waals surface area contributed by atoms with Gasteiger partial charge in [0, 0.05) is 60.7 Å².